The maximum Gasteiger partial charge on any atom is 0.230 e. The zero-order valence-corrected chi connectivity index (χ0v) is 14.5. The summed E-state index contributed by atoms with van der Waals surface area (Å²) in [5.74, 6) is 1.35. The summed E-state index contributed by atoms with van der Waals surface area (Å²) in [6.07, 6.45) is 5.32. The molecule has 1 aromatic heterocycles. The maximum absolute atomic E-state index is 12.0. The lowest BCUT2D eigenvalue weighted by Crippen LogP contribution is -2.30. The van der Waals surface area contributed by atoms with Gasteiger partial charge >= 0.3 is 0 Å². The molecule has 0 bridgehead atoms. The van der Waals surface area contributed by atoms with Crippen molar-refractivity contribution in [2.75, 3.05) is 23.7 Å². The van der Waals surface area contributed by atoms with Crippen LogP contribution in [0.25, 0.3) is 0 Å². The summed E-state index contributed by atoms with van der Waals surface area (Å²) >= 11 is 1.45. The van der Waals surface area contributed by atoms with E-state index in [2.05, 4.69) is 20.2 Å². The second-order valence-electron chi connectivity index (χ2n) is 5.81. The van der Waals surface area contributed by atoms with Crippen LogP contribution >= 0.6 is 11.8 Å². The molecule has 5 nitrogen and oxygen atoms in total. The molecule has 1 saturated heterocycles. The highest BCUT2D eigenvalue weighted by Crippen LogP contribution is 2.22. The minimum Gasteiger partial charge on any atom is -0.356 e. The van der Waals surface area contributed by atoms with Crippen molar-refractivity contribution >= 4 is 23.5 Å². The Balaban J connectivity index is 1.48. The molecule has 6 heteroatoms. The normalized spacial score (nSPS) is 14.4. The molecule has 1 amide bonds. The number of anilines is 1. The van der Waals surface area contributed by atoms with Crippen molar-refractivity contribution in [1.29, 1.82) is 0 Å². The summed E-state index contributed by atoms with van der Waals surface area (Å²) in [5.41, 5.74) is 1.10. The molecule has 1 aliphatic heterocycles. The second kappa shape index (κ2) is 8.68. The zero-order valence-electron chi connectivity index (χ0n) is 13.6. The topological polar surface area (TPSA) is 58.1 Å². The lowest BCUT2D eigenvalue weighted by molar-refractivity contribution is -0.118. The highest BCUT2D eigenvalue weighted by molar-refractivity contribution is 7.99. The minimum atomic E-state index is 0.0157. The molecular weight excluding hydrogens is 320 g/mol. The van der Waals surface area contributed by atoms with E-state index in [1.807, 2.05) is 36.4 Å². The van der Waals surface area contributed by atoms with Crippen LogP contribution in [0, 0.1) is 0 Å². The summed E-state index contributed by atoms with van der Waals surface area (Å²) in [6.45, 7) is 2.67. The van der Waals surface area contributed by atoms with Gasteiger partial charge in [-0.2, -0.15) is 0 Å². The number of rotatable bonds is 6. The van der Waals surface area contributed by atoms with Crippen molar-refractivity contribution in [3.05, 3.63) is 48.3 Å². The molecule has 2 aromatic rings. The summed E-state index contributed by atoms with van der Waals surface area (Å²) in [4.78, 5) is 22.9. The van der Waals surface area contributed by atoms with Gasteiger partial charge < -0.3 is 10.2 Å². The van der Waals surface area contributed by atoms with Crippen LogP contribution in [0.3, 0.4) is 0 Å². The van der Waals surface area contributed by atoms with Gasteiger partial charge in [-0.15, -0.1) is 0 Å². The Hall–Kier alpha value is -2.08. The molecule has 0 spiro atoms. The summed E-state index contributed by atoms with van der Waals surface area (Å²) in [7, 11) is 0. The van der Waals surface area contributed by atoms with Gasteiger partial charge in [0.25, 0.3) is 0 Å². The highest BCUT2D eigenvalue weighted by atomic mass is 32.2. The largest absolute Gasteiger partial charge is 0.356 e. The first kappa shape index (κ1) is 16.8. The van der Waals surface area contributed by atoms with Crippen LogP contribution in [-0.2, 0) is 11.3 Å². The van der Waals surface area contributed by atoms with Gasteiger partial charge in [0.15, 0.2) is 0 Å². The van der Waals surface area contributed by atoms with Crippen LogP contribution < -0.4 is 10.2 Å². The third-order valence-corrected chi connectivity index (χ3v) is 4.92. The van der Waals surface area contributed by atoms with E-state index in [9.17, 15) is 4.79 Å². The van der Waals surface area contributed by atoms with E-state index in [0.29, 0.717) is 12.3 Å². The highest BCUT2D eigenvalue weighted by Gasteiger charge is 2.13. The van der Waals surface area contributed by atoms with Crippen molar-refractivity contribution in [2.45, 2.75) is 30.8 Å². The quantitative estimate of drug-likeness (QED) is 0.646. The minimum absolute atomic E-state index is 0.0157. The molecular formula is C18H22N4OS. The summed E-state index contributed by atoms with van der Waals surface area (Å²) in [6, 6.07) is 11.9. The first-order valence-corrected chi connectivity index (χ1v) is 9.30. The fraction of sp³-hybridized carbons (Fsp3) is 0.389. The van der Waals surface area contributed by atoms with Gasteiger partial charge in [-0.05, 0) is 24.8 Å². The Labute approximate surface area is 146 Å². The first-order valence-electron chi connectivity index (χ1n) is 8.32. The van der Waals surface area contributed by atoms with Crippen molar-refractivity contribution in [2.24, 2.45) is 0 Å². The Morgan fingerprint density at radius 2 is 1.92 bits per heavy atom. The van der Waals surface area contributed by atoms with Crippen molar-refractivity contribution < 1.29 is 4.79 Å². The van der Waals surface area contributed by atoms with Gasteiger partial charge in [-0.3, -0.25) is 4.79 Å². The van der Waals surface area contributed by atoms with Gasteiger partial charge in [0.05, 0.1) is 5.75 Å². The van der Waals surface area contributed by atoms with E-state index in [0.717, 1.165) is 29.5 Å². The predicted molar refractivity (Wildman–Crippen MR) is 97.1 cm³/mol. The van der Waals surface area contributed by atoms with Crippen molar-refractivity contribution in [3.8, 4) is 0 Å². The molecule has 2 heterocycles. The summed E-state index contributed by atoms with van der Waals surface area (Å²) in [5, 5.41) is 3.78. The average Bonchev–Trinajstić information content (AvgIpc) is 2.66. The molecule has 126 valence electrons. The maximum atomic E-state index is 12.0. The number of thioether (sulfide) groups is 1. The molecule has 24 heavy (non-hydrogen) atoms. The van der Waals surface area contributed by atoms with E-state index in [4.69, 9.17) is 0 Å². The SMILES string of the molecule is O=C(CSc1cc(N2CCCCC2)ncn1)NCc1ccccc1. The van der Waals surface area contributed by atoms with Crippen LogP contribution in [0.5, 0.6) is 0 Å². The number of amides is 1. The lowest BCUT2D eigenvalue weighted by Gasteiger charge is -2.27. The van der Waals surface area contributed by atoms with Crippen LogP contribution in [-0.4, -0.2) is 34.7 Å². The number of carbonyl (C=O) groups is 1. The third kappa shape index (κ3) is 4.96. The number of hydrogen-bond acceptors (Lipinski definition) is 5. The van der Waals surface area contributed by atoms with Crippen molar-refractivity contribution in [3.63, 3.8) is 0 Å². The van der Waals surface area contributed by atoms with E-state index in [1.54, 1.807) is 6.33 Å². The second-order valence-corrected chi connectivity index (χ2v) is 6.81. The monoisotopic (exact) mass is 342 g/mol. The van der Waals surface area contributed by atoms with Crippen molar-refractivity contribution in [1.82, 2.24) is 15.3 Å². The molecule has 1 aromatic carbocycles. The number of carbonyl (C=O) groups excluding carboxylic acids is 1. The fourth-order valence-electron chi connectivity index (χ4n) is 2.69. The number of benzene rings is 1. The number of hydrogen-bond donors (Lipinski definition) is 1. The first-order chi connectivity index (χ1) is 11.8. The molecule has 0 aliphatic carbocycles. The smallest absolute Gasteiger partial charge is 0.230 e. The van der Waals surface area contributed by atoms with E-state index in [1.165, 1.54) is 31.0 Å². The number of piperidine rings is 1. The molecule has 0 atom stereocenters. The molecule has 0 radical (unpaired) electrons. The van der Waals surface area contributed by atoms with Crippen LogP contribution in [0.2, 0.25) is 0 Å². The Morgan fingerprint density at radius 1 is 1.12 bits per heavy atom. The van der Waals surface area contributed by atoms with Gasteiger partial charge in [0.2, 0.25) is 5.91 Å². The number of nitrogens with zero attached hydrogens (tertiary/aromatic N) is 3. The standard InChI is InChI=1S/C18H22N4OS/c23-17(19-12-15-7-3-1-4-8-15)13-24-18-11-16(20-14-21-18)22-9-5-2-6-10-22/h1,3-4,7-8,11,14H,2,5-6,9-10,12-13H2,(H,19,23). The van der Waals surface area contributed by atoms with E-state index >= 15 is 0 Å². The molecule has 0 unspecified atom stereocenters. The van der Waals surface area contributed by atoms with Crippen LogP contribution in [0.15, 0.2) is 47.8 Å². The van der Waals surface area contributed by atoms with Crippen LogP contribution in [0.4, 0.5) is 5.82 Å². The lowest BCUT2D eigenvalue weighted by atomic mass is 10.1. The molecule has 1 N–H and O–H groups in total. The fourth-order valence-corrected chi connectivity index (χ4v) is 3.38. The van der Waals surface area contributed by atoms with Gasteiger partial charge in [0.1, 0.15) is 17.2 Å². The van der Waals surface area contributed by atoms with Crippen LogP contribution in [0.1, 0.15) is 24.8 Å². The predicted octanol–water partition coefficient (Wildman–Crippen LogP) is 2.88. The van der Waals surface area contributed by atoms with Gasteiger partial charge in [-0.25, -0.2) is 9.97 Å². The Bertz CT molecular complexity index is 659. The Kier molecular flexibility index (Phi) is 6.07. The number of aromatic nitrogens is 2. The molecule has 3 rings (SSSR count). The third-order valence-electron chi connectivity index (χ3n) is 3.99. The van der Waals surface area contributed by atoms with E-state index in [-0.39, 0.29) is 5.91 Å². The molecule has 1 aliphatic rings. The summed E-state index contributed by atoms with van der Waals surface area (Å²) < 4.78 is 0. The van der Waals surface area contributed by atoms with E-state index < -0.39 is 0 Å². The zero-order chi connectivity index (χ0) is 16.6. The Morgan fingerprint density at radius 3 is 2.71 bits per heavy atom. The average molecular weight is 342 g/mol. The number of nitrogens with one attached hydrogen (secondary N) is 1. The molecule has 0 saturated carbocycles. The van der Waals surface area contributed by atoms with Gasteiger partial charge in [-0.1, -0.05) is 42.1 Å². The molecule has 1 fully saturated rings. The van der Waals surface area contributed by atoms with Gasteiger partial charge in [0, 0.05) is 25.7 Å².